The van der Waals surface area contributed by atoms with E-state index < -0.39 is 20.4 Å². The predicted octanol–water partition coefficient (Wildman–Crippen LogP) is 3.07. The molecule has 0 atom stereocenters. The summed E-state index contributed by atoms with van der Waals surface area (Å²) < 4.78 is 37.5. The average molecular weight is 281 g/mol. The summed E-state index contributed by atoms with van der Waals surface area (Å²) in [7, 11) is -3.96. The Morgan fingerprint density at radius 2 is 1.89 bits per heavy atom. The van der Waals surface area contributed by atoms with Crippen LogP contribution in [-0.2, 0) is 9.84 Å². The summed E-state index contributed by atoms with van der Waals surface area (Å²) in [5.41, 5.74) is 0. The van der Waals surface area contributed by atoms with Gasteiger partial charge in [0.05, 0.1) is 6.07 Å². The Kier molecular flexibility index (Phi) is 3.64. The quantitative estimate of drug-likeness (QED) is 0.837. The number of rotatable bonds is 2. The third-order valence-electron chi connectivity index (χ3n) is 3.93. The highest BCUT2D eigenvalue weighted by molar-refractivity contribution is 7.93. The van der Waals surface area contributed by atoms with Gasteiger partial charge in [-0.05, 0) is 43.7 Å². The Morgan fingerprint density at radius 3 is 2.42 bits per heavy atom. The van der Waals surface area contributed by atoms with E-state index in [-0.39, 0.29) is 17.7 Å². The lowest BCUT2D eigenvalue weighted by Crippen LogP contribution is -2.41. The molecule has 0 unspecified atom stereocenters. The van der Waals surface area contributed by atoms with Crippen LogP contribution in [-0.4, -0.2) is 13.2 Å². The van der Waals surface area contributed by atoms with Crippen molar-refractivity contribution in [1.82, 2.24) is 0 Å². The van der Waals surface area contributed by atoms with Crippen LogP contribution in [0.5, 0.6) is 0 Å². The van der Waals surface area contributed by atoms with Crippen LogP contribution in [0.3, 0.4) is 0 Å². The number of hydrogen-bond acceptors (Lipinski definition) is 3. The molecular weight excluding hydrogens is 265 g/mol. The van der Waals surface area contributed by atoms with E-state index in [1.807, 2.05) is 13.0 Å². The Hall–Kier alpha value is -1.41. The van der Waals surface area contributed by atoms with Crippen LogP contribution in [0.1, 0.15) is 32.6 Å². The van der Waals surface area contributed by atoms with Crippen LogP contribution in [0.25, 0.3) is 0 Å². The largest absolute Gasteiger partial charge is 0.222 e. The van der Waals surface area contributed by atoms with E-state index in [1.54, 1.807) is 0 Å². The van der Waals surface area contributed by atoms with E-state index in [9.17, 15) is 18.1 Å². The van der Waals surface area contributed by atoms with Gasteiger partial charge < -0.3 is 0 Å². The highest BCUT2D eigenvalue weighted by Gasteiger charge is 2.47. The average Bonchev–Trinajstić information content (AvgIpc) is 2.40. The van der Waals surface area contributed by atoms with Crippen molar-refractivity contribution in [2.75, 3.05) is 0 Å². The monoisotopic (exact) mass is 281 g/mol. The summed E-state index contributed by atoms with van der Waals surface area (Å²) >= 11 is 0. The standard InChI is InChI=1S/C14H16FNO2S/c1-11-6-8-14(10-16,9-7-11)19(17,18)13-5-3-2-4-12(13)15/h2-5,11H,6-9H2,1H3. The van der Waals surface area contributed by atoms with Gasteiger partial charge in [-0.1, -0.05) is 19.1 Å². The highest BCUT2D eigenvalue weighted by atomic mass is 32.2. The molecule has 0 bridgehead atoms. The van der Waals surface area contributed by atoms with Crippen LogP contribution in [0.4, 0.5) is 4.39 Å². The maximum atomic E-state index is 13.7. The van der Waals surface area contributed by atoms with Gasteiger partial charge in [-0.25, -0.2) is 12.8 Å². The molecule has 0 aliphatic heterocycles. The minimum absolute atomic E-state index is 0.279. The van der Waals surface area contributed by atoms with Gasteiger partial charge in [0.2, 0.25) is 0 Å². The molecule has 1 saturated carbocycles. The fourth-order valence-electron chi connectivity index (χ4n) is 2.54. The second-order valence-electron chi connectivity index (χ2n) is 5.22. The van der Waals surface area contributed by atoms with E-state index in [1.165, 1.54) is 18.2 Å². The fourth-order valence-corrected chi connectivity index (χ4v) is 4.44. The van der Waals surface area contributed by atoms with Gasteiger partial charge in [0, 0.05) is 0 Å². The zero-order valence-electron chi connectivity index (χ0n) is 10.8. The van der Waals surface area contributed by atoms with Gasteiger partial charge in [-0.3, -0.25) is 0 Å². The lowest BCUT2D eigenvalue weighted by molar-refractivity contribution is 0.344. The lowest BCUT2D eigenvalue weighted by Gasteiger charge is -2.33. The molecule has 1 fully saturated rings. The highest BCUT2D eigenvalue weighted by Crippen LogP contribution is 2.40. The molecule has 1 aliphatic carbocycles. The molecule has 5 heteroatoms. The smallest absolute Gasteiger partial charge is 0.200 e. The second-order valence-corrected chi connectivity index (χ2v) is 7.45. The molecule has 1 aromatic carbocycles. The first-order chi connectivity index (χ1) is 8.93. The van der Waals surface area contributed by atoms with E-state index in [2.05, 4.69) is 0 Å². The first-order valence-corrected chi connectivity index (χ1v) is 7.82. The maximum Gasteiger partial charge on any atom is 0.200 e. The van der Waals surface area contributed by atoms with Crippen molar-refractivity contribution in [3.63, 3.8) is 0 Å². The molecule has 19 heavy (non-hydrogen) atoms. The van der Waals surface area contributed by atoms with E-state index >= 15 is 0 Å². The molecule has 102 valence electrons. The summed E-state index contributed by atoms with van der Waals surface area (Å²) in [5.74, 6) is -0.368. The molecule has 0 spiro atoms. The minimum Gasteiger partial charge on any atom is -0.222 e. The van der Waals surface area contributed by atoms with Crippen LogP contribution < -0.4 is 0 Å². The number of nitriles is 1. The van der Waals surface area contributed by atoms with E-state index in [0.717, 1.165) is 6.07 Å². The van der Waals surface area contributed by atoms with Crippen molar-refractivity contribution >= 4 is 9.84 Å². The molecule has 1 aliphatic rings. The van der Waals surface area contributed by atoms with Gasteiger partial charge >= 0.3 is 0 Å². The number of hydrogen-bond donors (Lipinski definition) is 0. The number of benzene rings is 1. The summed E-state index contributed by atoms with van der Waals surface area (Å²) in [6.45, 7) is 2.04. The summed E-state index contributed by atoms with van der Waals surface area (Å²) in [6, 6.07) is 7.22. The number of sulfone groups is 1. The summed E-state index contributed by atoms with van der Waals surface area (Å²) in [4.78, 5) is -0.355. The van der Waals surface area contributed by atoms with Crippen molar-refractivity contribution in [2.24, 2.45) is 5.92 Å². The summed E-state index contributed by atoms with van der Waals surface area (Å²) in [5, 5.41) is 9.36. The van der Waals surface area contributed by atoms with Gasteiger partial charge in [0.15, 0.2) is 14.6 Å². The Bertz CT molecular complexity index is 611. The van der Waals surface area contributed by atoms with Crippen LogP contribution in [0, 0.1) is 23.1 Å². The SMILES string of the molecule is CC1CCC(C#N)(S(=O)(=O)c2ccccc2F)CC1. The lowest BCUT2D eigenvalue weighted by atomic mass is 9.83. The Balaban J connectivity index is 2.50. The molecule has 0 heterocycles. The minimum atomic E-state index is -3.96. The van der Waals surface area contributed by atoms with Crippen LogP contribution in [0.15, 0.2) is 29.2 Å². The van der Waals surface area contributed by atoms with Crippen molar-refractivity contribution < 1.29 is 12.8 Å². The summed E-state index contributed by atoms with van der Waals surface area (Å²) in [6.07, 6.45) is 1.92. The third-order valence-corrected chi connectivity index (χ3v) is 6.36. The molecule has 0 saturated heterocycles. The van der Waals surface area contributed by atoms with Crippen molar-refractivity contribution in [2.45, 2.75) is 42.2 Å². The molecule has 1 aromatic rings. The topological polar surface area (TPSA) is 57.9 Å². The zero-order chi connectivity index (χ0) is 14.1. The number of halogens is 1. The van der Waals surface area contributed by atoms with Gasteiger partial charge in [-0.15, -0.1) is 0 Å². The molecule has 0 aromatic heterocycles. The van der Waals surface area contributed by atoms with Crippen molar-refractivity contribution in [3.8, 4) is 6.07 Å². The fraction of sp³-hybridized carbons (Fsp3) is 0.500. The molecule has 0 amide bonds. The molecule has 0 N–H and O–H groups in total. The first-order valence-electron chi connectivity index (χ1n) is 6.33. The third kappa shape index (κ3) is 2.25. The van der Waals surface area contributed by atoms with E-state index in [0.29, 0.717) is 18.8 Å². The maximum absolute atomic E-state index is 13.7. The van der Waals surface area contributed by atoms with E-state index in [4.69, 9.17) is 0 Å². The molecule has 0 radical (unpaired) electrons. The Labute approximate surface area is 113 Å². The van der Waals surface area contributed by atoms with Crippen LogP contribution in [0.2, 0.25) is 0 Å². The van der Waals surface area contributed by atoms with Crippen LogP contribution >= 0.6 is 0 Å². The first kappa shape index (κ1) is 14.0. The van der Waals surface area contributed by atoms with Crippen molar-refractivity contribution in [3.05, 3.63) is 30.1 Å². The molecule has 3 nitrogen and oxygen atoms in total. The Morgan fingerprint density at radius 1 is 1.32 bits per heavy atom. The molecule has 2 rings (SSSR count). The normalized spacial score (nSPS) is 27.7. The predicted molar refractivity (Wildman–Crippen MR) is 69.6 cm³/mol. The molecular formula is C14H16FNO2S. The zero-order valence-corrected chi connectivity index (χ0v) is 11.6. The second kappa shape index (κ2) is 4.93. The van der Waals surface area contributed by atoms with Gasteiger partial charge in [0.25, 0.3) is 0 Å². The van der Waals surface area contributed by atoms with Gasteiger partial charge in [0.1, 0.15) is 10.7 Å². The van der Waals surface area contributed by atoms with Crippen molar-refractivity contribution in [1.29, 1.82) is 5.26 Å². The number of nitrogens with zero attached hydrogens (tertiary/aromatic N) is 1. The van der Waals surface area contributed by atoms with Gasteiger partial charge in [-0.2, -0.15) is 5.26 Å².